The minimum absolute atomic E-state index is 0. The minimum Gasteiger partial charge on any atom is -0.330 e. The molecule has 15 heavy (non-hydrogen) atoms. The van der Waals surface area contributed by atoms with Gasteiger partial charge < -0.3 is 11.1 Å². The van der Waals surface area contributed by atoms with Crippen molar-refractivity contribution in [2.45, 2.75) is 5.92 Å². The molecule has 2 rings (SSSR count). The minimum atomic E-state index is 0. The largest absolute Gasteiger partial charge is 0.330 e. The average Bonchev–Trinajstić information content (AvgIpc) is 2.67. The highest BCUT2D eigenvalue weighted by Gasteiger charge is 2.26. The molecule has 1 aromatic rings. The number of hydrogen-bond donors (Lipinski definition) is 2. The Kier molecular flexibility index (Phi) is 6.94. The standard InChI is InChI=1S/C11H16N2.2ClH/c12-6-10-7-13-8-11(10)9-4-2-1-3-5-9;;/h1-5,10-11,13H,6-8,12H2;2*1H/t10-,11+;;/m0../s1. The molecule has 3 N–H and O–H groups in total. The lowest BCUT2D eigenvalue weighted by Crippen LogP contribution is -2.20. The molecule has 1 aliphatic heterocycles. The lowest BCUT2D eigenvalue weighted by atomic mass is 9.89. The second-order valence-corrected chi connectivity index (χ2v) is 3.67. The number of nitrogens with one attached hydrogen (secondary N) is 1. The van der Waals surface area contributed by atoms with Crippen LogP contribution in [0.2, 0.25) is 0 Å². The molecule has 0 bridgehead atoms. The van der Waals surface area contributed by atoms with E-state index in [2.05, 4.69) is 35.6 Å². The SMILES string of the molecule is Cl.Cl.NC[C@H]1CNC[C@@H]1c1ccccc1. The predicted molar refractivity (Wildman–Crippen MR) is 69.1 cm³/mol. The second kappa shape index (κ2) is 7.07. The molecule has 2 atom stereocenters. The van der Waals surface area contributed by atoms with Gasteiger partial charge in [-0.15, -0.1) is 24.8 Å². The first kappa shape index (κ1) is 14.7. The molecule has 86 valence electrons. The van der Waals surface area contributed by atoms with Gasteiger partial charge in [0, 0.05) is 12.5 Å². The lowest BCUT2D eigenvalue weighted by molar-refractivity contribution is 0.531. The second-order valence-electron chi connectivity index (χ2n) is 3.67. The molecule has 1 fully saturated rings. The Hall–Kier alpha value is -0.280. The van der Waals surface area contributed by atoms with Gasteiger partial charge in [0.05, 0.1) is 0 Å². The third-order valence-electron chi connectivity index (χ3n) is 2.87. The van der Waals surface area contributed by atoms with Crippen LogP contribution >= 0.6 is 24.8 Å². The number of hydrogen-bond acceptors (Lipinski definition) is 2. The third kappa shape index (κ3) is 3.35. The third-order valence-corrected chi connectivity index (χ3v) is 2.87. The van der Waals surface area contributed by atoms with E-state index in [1.807, 2.05) is 0 Å². The summed E-state index contributed by atoms with van der Waals surface area (Å²) in [6.07, 6.45) is 0. The van der Waals surface area contributed by atoms with Crippen molar-refractivity contribution in [3.8, 4) is 0 Å². The van der Waals surface area contributed by atoms with Crippen molar-refractivity contribution in [3.63, 3.8) is 0 Å². The number of rotatable bonds is 2. The number of halogens is 2. The maximum atomic E-state index is 5.72. The van der Waals surface area contributed by atoms with Crippen molar-refractivity contribution < 1.29 is 0 Å². The van der Waals surface area contributed by atoms with E-state index < -0.39 is 0 Å². The zero-order valence-corrected chi connectivity index (χ0v) is 10.2. The van der Waals surface area contributed by atoms with Crippen molar-refractivity contribution in [1.82, 2.24) is 5.32 Å². The Morgan fingerprint density at radius 1 is 1.13 bits per heavy atom. The molecule has 0 saturated carbocycles. The van der Waals surface area contributed by atoms with Crippen LogP contribution in [0.25, 0.3) is 0 Å². The van der Waals surface area contributed by atoms with Crippen molar-refractivity contribution >= 4 is 24.8 Å². The summed E-state index contributed by atoms with van der Waals surface area (Å²) in [4.78, 5) is 0. The van der Waals surface area contributed by atoms with Crippen LogP contribution < -0.4 is 11.1 Å². The van der Waals surface area contributed by atoms with Gasteiger partial charge in [-0.3, -0.25) is 0 Å². The van der Waals surface area contributed by atoms with Gasteiger partial charge in [-0.05, 0) is 24.6 Å². The van der Waals surface area contributed by atoms with Gasteiger partial charge >= 0.3 is 0 Å². The summed E-state index contributed by atoms with van der Waals surface area (Å²) in [6, 6.07) is 10.6. The smallest absolute Gasteiger partial charge is 0.00239 e. The molecule has 4 heteroatoms. The molecule has 1 saturated heterocycles. The first-order valence-electron chi connectivity index (χ1n) is 4.87. The fraction of sp³-hybridized carbons (Fsp3) is 0.455. The first-order chi connectivity index (χ1) is 6.42. The normalized spacial score (nSPS) is 24.1. The van der Waals surface area contributed by atoms with Gasteiger partial charge in [0.25, 0.3) is 0 Å². The highest BCUT2D eigenvalue weighted by Crippen LogP contribution is 2.26. The highest BCUT2D eigenvalue weighted by atomic mass is 35.5. The summed E-state index contributed by atoms with van der Waals surface area (Å²) in [5.41, 5.74) is 7.14. The van der Waals surface area contributed by atoms with Crippen LogP contribution in [0.4, 0.5) is 0 Å². The van der Waals surface area contributed by atoms with Crippen molar-refractivity contribution in [1.29, 1.82) is 0 Å². The van der Waals surface area contributed by atoms with Gasteiger partial charge in [0.2, 0.25) is 0 Å². The van der Waals surface area contributed by atoms with E-state index in [-0.39, 0.29) is 24.8 Å². The Morgan fingerprint density at radius 2 is 1.80 bits per heavy atom. The Bertz CT molecular complexity index is 267. The van der Waals surface area contributed by atoms with Gasteiger partial charge in [-0.25, -0.2) is 0 Å². The summed E-state index contributed by atoms with van der Waals surface area (Å²) < 4.78 is 0. The molecule has 0 aromatic heterocycles. The maximum absolute atomic E-state index is 5.72. The Morgan fingerprint density at radius 3 is 2.40 bits per heavy atom. The summed E-state index contributed by atoms with van der Waals surface area (Å²) in [5, 5.41) is 3.39. The van der Waals surface area contributed by atoms with Crippen LogP contribution in [0.3, 0.4) is 0 Å². The van der Waals surface area contributed by atoms with Crippen molar-refractivity contribution in [3.05, 3.63) is 35.9 Å². The quantitative estimate of drug-likeness (QED) is 0.838. The molecule has 2 nitrogen and oxygen atoms in total. The fourth-order valence-corrected chi connectivity index (χ4v) is 2.07. The molecule has 1 aliphatic rings. The Balaban J connectivity index is 0.000000980. The zero-order valence-electron chi connectivity index (χ0n) is 8.56. The topological polar surface area (TPSA) is 38.0 Å². The fourth-order valence-electron chi connectivity index (χ4n) is 2.07. The molecule has 0 aliphatic carbocycles. The van der Waals surface area contributed by atoms with Crippen LogP contribution in [0.15, 0.2) is 30.3 Å². The molecular formula is C11H18Cl2N2. The highest BCUT2D eigenvalue weighted by molar-refractivity contribution is 5.85. The van der Waals surface area contributed by atoms with Crippen molar-refractivity contribution in [2.24, 2.45) is 11.7 Å². The van der Waals surface area contributed by atoms with E-state index in [0.717, 1.165) is 19.6 Å². The van der Waals surface area contributed by atoms with Gasteiger partial charge in [0.1, 0.15) is 0 Å². The molecule has 0 radical (unpaired) electrons. The van der Waals surface area contributed by atoms with Gasteiger partial charge in [0.15, 0.2) is 0 Å². The van der Waals surface area contributed by atoms with Crippen LogP contribution in [0, 0.1) is 5.92 Å². The molecule has 1 heterocycles. The molecular weight excluding hydrogens is 231 g/mol. The lowest BCUT2D eigenvalue weighted by Gasteiger charge is -2.16. The maximum Gasteiger partial charge on any atom is 0.00239 e. The monoisotopic (exact) mass is 248 g/mol. The van der Waals surface area contributed by atoms with E-state index >= 15 is 0 Å². The molecule has 0 unspecified atom stereocenters. The number of nitrogens with two attached hydrogens (primary N) is 1. The van der Waals surface area contributed by atoms with Crippen LogP contribution in [0.1, 0.15) is 11.5 Å². The summed E-state index contributed by atoms with van der Waals surface area (Å²) in [5.74, 6) is 1.23. The zero-order chi connectivity index (χ0) is 9.10. The van der Waals surface area contributed by atoms with E-state index in [9.17, 15) is 0 Å². The summed E-state index contributed by atoms with van der Waals surface area (Å²) in [7, 11) is 0. The van der Waals surface area contributed by atoms with E-state index in [1.54, 1.807) is 0 Å². The first-order valence-corrected chi connectivity index (χ1v) is 4.87. The van der Waals surface area contributed by atoms with Gasteiger partial charge in [-0.2, -0.15) is 0 Å². The summed E-state index contributed by atoms with van der Waals surface area (Å²) in [6.45, 7) is 2.93. The van der Waals surface area contributed by atoms with E-state index in [4.69, 9.17) is 5.73 Å². The average molecular weight is 249 g/mol. The van der Waals surface area contributed by atoms with E-state index in [1.165, 1.54) is 5.56 Å². The van der Waals surface area contributed by atoms with Gasteiger partial charge in [-0.1, -0.05) is 30.3 Å². The van der Waals surface area contributed by atoms with Crippen molar-refractivity contribution in [2.75, 3.05) is 19.6 Å². The summed E-state index contributed by atoms with van der Waals surface area (Å²) >= 11 is 0. The van der Waals surface area contributed by atoms with E-state index in [0.29, 0.717) is 11.8 Å². The molecule has 0 amide bonds. The molecule has 0 spiro atoms. The van der Waals surface area contributed by atoms with Crippen LogP contribution in [-0.4, -0.2) is 19.6 Å². The van der Waals surface area contributed by atoms with Crippen LogP contribution in [0.5, 0.6) is 0 Å². The molecule has 1 aromatic carbocycles. The predicted octanol–water partition coefficient (Wildman–Crippen LogP) is 1.79. The van der Waals surface area contributed by atoms with Crippen LogP contribution in [-0.2, 0) is 0 Å². The Labute approximate surface area is 103 Å². The number of benzene rings is 1.